The molecule has 0 bridgehead atoms. The van der Waals surface area contributed by atoms with Crippen molar-refractivity contribution in [2.45, 2.75) is 32.7 Å². The van der Waals surface area contributed by atoms with Crippen LogP contribution in [0.3, 0.4) is 0 Å². The van der Waals surface area contributed by atoms with Gasteiger partial charge in [-0.2, -0.15) is 0 Å². The first-order valence-corrected chi connectivity index (χ1v) is 7.77. The van der Waals surface area contributed by atoms with Gasteiger partial charge in [-0.05, 0) is 56.8 Å². The van der Waals surface area contributed by atoms with E-state index in [4.69, 9.17) is 17.3 Å². The standard InChI is InChI=1S/C16H24ClN3O.ClH/c1-10-6-11(2)16(13(17)7-10)19-15(21)9-20(3)14(8-18)12-4-5-12;/h6-7,12,14H,4-5,8-9,18H2,1-3H3,(H,19,21);1H. The Labute approximate surface area is 143 Å². The van der Waals surface area contributed by atoms with Gasteiger partial charge < -0.3 is 11.1 Å². The molecule has 1 aliphatic rings. The van der Waals surface area contributed by atoms with Crippen LogP contribution in [-0.4, -0.2) is 37.0 Å². The van der Waals surface area contributed by atoms with Gasteiger partial charge in [0, 0.05) is 12.6 Å². The van der Waals surface area contributed by atoms with E-state index >= 15 is 0 Å². The summed E-state index contributed by atoms with van der Waals surface area (Å²) in [6.45, 7) is 4.87. The van der Waals surface area contributed by atoms with E-state index in [2.05, 4.69) is 5.32 Å². The van der Waals surface area contributed by atoms with Gasteiger partial charge in [0.15, 0.2) is 0 Å². The molecule has 22 heavy (non-hydrogen) atoms. The smallest absolute Gasteiger partial charge is 0.238 e. The quantitative estimate of drug-likeness (QED) is 0.833. The minimum absolute atomic E-state index is 0. The van der Waals surface area contributed by atoms with Gasteiger partial charge in [-0.1, -0.05) is 17.7 Å². The van der Waals surface area contributed by atoms with Gasteiger partial charge in [0.05, 0.1) is 17.3 Å². The van der Waals surface area contributed by atoms with Crippen LogP contribution >= 0.6 is 24.0 Å². The Bertz CT molecular complexity index is 509. The third kappa shape index (κ3) is 4.85. The molecule has 0 radical (unpaired) electrons. The fourth-order valence-corrected chi connectivity index (χ4v) is 3.18. The number of rotatable bonds is 6. The third-order valence-electron chi connectivity index (χ3n) is 4.06. The van der Waals surface area contributed by atoms with Crippen LogP contribution in [0.15, 0.2) is 12.1 Å². The van der Waals surface area contributed by atoms with Crippen molar-refractivity contribution in [1.82, 2.24) is 4.90 Å². The first-order chi connectivity index (χ1) is 9.92. The number of carbonyl (C=O) groups is 1. The summed E-state index contributed by atoms with van der Waals surface area (Å²) in [5, 5.41) is 3.51. The summed E-state index contributed by atoms with van der Waals surface area (Å²) in [6.07, 6.45) is 2.44. The molecular formula is C16H25Cl2N3O. The largest absolute Gasteiger partial charge is 0.329 e. The SMILES string of the molecule is Cc1cc(C)c(NC(=O)CN(C)C(CN)C2CC2)c(Cl)c1.Cl. The second-order valence-corrected chi connectivity index (χ2v) is 6.45. The molecule has 1 saturated carbocycles. The molecule has 124 valence electrons. The average Bonchev–Trinajstić information content (AvgIpc) is 3.19. The minimum Gasteiger partial charge on any atom is -0.329 e. The number of anilines is 1. The minimum atomic E-state index is -0.0505. The molecule has 1 atom stereocenters. The summed E-state index contributed by atoms with van der Waals surface area (Å²) < 4.78 is 0. The van der Waals surface area contributed by atoms with Gasteiger partial charge in [0.1, 0.15) is 0 Å². The topological polar surface area (TPSA) is 58.4 Å². The Hall–Kier alpha value is -0.810. The number of nitrogens with one attached hydrogen (secondary N) is 1. The lowest BCUT2D eigenvalue weighted by atomic mass is 10.1. The zero-order chi connectivity index (χ0) is 15.6. The molecule has 2 rings (SSSR count). The van der Waals surface area contributed by atoms with Crippen LogP contribution in [0.4, 0.5) is 5.69 Å². The van der Waals surface area contributed by atoms with Crippen molar-refractivity contribution in [3.05, 3.63) is 28.3 Å². The summed E-state index contributed by atoms with van der Waals surface area (Å²) >= 11 is 6.22. The van der Waals surface area contributed by atoms with Crippen LogP contribution in [-0.2, 0) is 4.79 Å². The lowest BCUT2D eigenvalue weighted by Gasteiger charge is -2.26. The molecule has 1 aromatic carbocycles. The highest BCUT2D eigenvalue weighted by molar-refractivity contribution is 6.34. The fraction of sp³-hybridized carbons (Fsp3) is 0.562. The predicted octanol–water partition coefficient (Wildman–Crippen LogP) is 2.99. The zero-order valence-corrected chi connectivity index (χ0v) is 14.9. The summed E-state index contributed by atoms with van der Waals surface area (Å²) in [7, 11) is 1.96. The van der Waals surface area contributed by atoms with Crippen LogP contribution in [0.25, 0.3) is 0 Å². The molecular weight excluding hydrogens is 321 g/mol. The normalized spacial score (nSPS) is 15.4. The number of halogens is 2. The molecule has 1 amide bonds. The van der Waals surface area contributed by atoms with Gasteiger partial charge in [0.2, 0.25) is 5.91 Å². The van der Waals surface area contributed by atoms with Crippen molar-refractivity contribution in [3.8, 4) is 0 Å². The molecule has 0 saturated heterocycles. The lowest BCUT2D eigenvalue weighted by Crippen LogP contribution is -2.43. The van der Waals surface area contributed by atoms with Crippen molar-refractivity contribution in [2.75, 3.05) is 25.5 Å². The van der Waals surface area contributed by atoms with Crippen LogP contribution in [0.5, 0.6) is 0 Å². The van der Waals surface area contributed by atoms with E-state index in [1.54, 1.807) is 0 Å². The maximum absolute atomic E-state index is 12.2. The van der Waals surface area contributed by atoms with Crippen molar-refractivity contribution >= 4 is 35.6 Å². The van der Waals surface area contributed by atoms with E-state index in [0.29, 0.717) is 35.8 Å². The van der Waals surface area contributed by atoms with Gasteiger partial charge in [-0.25, -0.2) is 0 Å². The summed E-state index contributed by atoms with van der Waals surface area (Å²) in [6, 6.07) is 4.17. The lowest BCUT2D eigenvalue weighted by molar-refractivity contribution is -0.117. The first-order valence-electron chi connectivity index (χ1n) is 7.39. The Morgan fingerprint density at radius 3 is 2.59 bits per heavy atom. The van der Waals surface area contributed by atoms with Crippen molar-refractivity contribution < 1.29 is 4.79 Å². The maximum atomic E-state index is 12.2. The van der Waals surface area contributed by atoms with Crippen molar-refractivity contribution in [2.24, 2.45) is 11.7 Å². The molecule has 0 heterocycles. The highest BCUT2D eigenvalue weighted by Gasteiger charge is 2.33. The second kappa shape index (κ2) is 8.16. The monoisotopic (exact) mass is 345 g/mol. The molecule has 4 nitrogen and oxygen atoms in total. The summed E-state index contributed by atoms with van der Waals surface area (Å²) in [4.78, 5) is 14.3. The maximum Gasteiger partial charge on any atom is 0.238 e. The highest BCUT2D eigenvalue weighted by Crippen LogP contribution is 2.34. The fourth-order valence-electron chi connectivity index (χ4n) is 2.81. The third-order valence-corrected chi connectivity index (χ3v) is 4.36. The van der Waals surface area contributed by atoms with Gasteiger partial charge >= 0.3 is 0 Å². The van der Waals surface area contributed by atoms with E-state index in [1.807, 2.05) is 37.9 Å². The zero-order valence-electron chi connectivity index (χ0n) is 13.4. The summed E-state index contributed by atoms with van der Waals surface area (Å²) in [5.74, 6) is 0.600. The molecule has 1 aliphatic carbocycles. The van der Waals surface area contributed by atoms with Crippen LogP contribution < -0.4 is 11.1 Å². The van der Waals surface area contributed by atoms with Crippen LogP contribution in [0, 0.1) is 19.8 Å². The van der Waals surface area contributed by atoms with Crippen LogP contribution in [0.1, 0.15) is 24.0 Å². The molecule has 6 heteroatoms. The number of nitrogens with zero attached hydrogens (tertiary/aromatic N) is 1. The summed E-state index contributed by atoms with van der Waals surface area (Å²) in [5.41, 5.74) is 8.59. The Kier molecular flexibility index (Phi) is 7.13. The Morgan fingerprint density at radius 2 is 2.09 bits per heavy atom. The molecule has 1 unspecified atom stereocenters. The van der Waals surface area contributed by atoms with Gasteiger partial charge in [-0.15, -0.1) is 12.4 Å². The van der Waals surface area contributed by atoms with E-state index in [1.165, 1.54) is 12.8 Å². The van der Waals surface area contributed by atoms with E-state index < -0.39 is 0 Å². The van der Waals surface area contributed by atoms with E-state index in [9.17, 15) is 4.79 Å². The Balaban J connectivity index is 0.00000242. The van der Waals surface area contributed by atoms with Crippen molar-refractivity contribution in [3.63, 3.8) is 0 Å². The number of amides is 1. The number of nitrogens with two attached hydrogens (primary N) is 1. The molecule has 0 aliphatic heterocycles. The van der Waals surface area contributed by atoms with Gasteiger partial charge in [-0.3, -0.25) is 9.69 Å². The Morgan fingerprint density at radius 1 is 1.45 bits per heavy atom. The number of carbonyl (C=O) groups excluding carboxylic acids is 1. The van der Waals surface area contributed by atoms with Crippen molar-refractivity contribution in [1.29, 1.82) is 0 Å². The number of likely N-dealkylation sites (N-methyl/N-ethyl adjacent to an activating group) is 1. The van der Waals surface area contributed by atoms with E-state index in [0.717, 1.165) is 11.1 Å². The van der Waals surface area contributed by atoms with Crippen LogP contribution in [0.2, 0.25) is 5.02 Å². The molecule has 1 aromatic rings. The molecule has 3 N–H and O–H groups in total. The van der Waals surface area contributed by atoms with E-state index in [-0.39, 0.29) is 18.3 Å². The predicted molar refractivity (Wildman–Crippen MR) is 95.0 cm³/mol. The first kappa shape index (κ1) is 19.2. The number of aryl methyl sites for hydroxylation is 2. The average molecular weight is 346 g/mol. The molecule has 0 spiro atoms. The molecule has 0 aromatic heterocycles. The number of hydrogen-bond acceptors (Lipinski definition) is 3. The van der Waals surface area contributed by atoms with Gasteiger partial charge in [0.25, 0.3) is 0 Å². The number of hydrogen-bond donors (Lipinski definition) is 2. The number of benzene rings is 1. The second-order valence-electron chi connectivity index (χ2n) is 6.04. The highest BCUT2D eigenvalue weighted by atomic mass is 35.5. The molecule has 1 fully saturated rings.